The summed E-state index contributed by atoms with van der Waals surface area (Å²) >= 11 is 3.96. The first kappa shape index (κ1) is 17.1. The van der Waals surface area contributed by atoms with Crippen LogP contribution < -0.4 is 4.74 Å². The molecule has 91 valence electrons. The number of ether oxygens (including phenoxy) is 1. The van der Waals surface area contributed by atoms with E-state index in [0.717, 1.165) is 12.2 Å². The van der Waals surface area contributed by atoms with E-state index in [1.54, 1.807) is 18.9 Å². The molecule has 1 aromatic carbocycles. The van der Waals surface area contributed by atoms with Crippen LogP contribution in [-0.2, 0) is 20.4 Å². The Morgan fingerprint density at radius 2 is 1.94 bits per heavy atom. The molecule has 1 nitrogen and oxygen atoms in total. The van der Waals surface area contributed by atoms with Gasteiger partial charge in [-0.05, 0) is 0 Å². The minimum absolute atomic E-state index is 0. The number of benzene rings is 1. The summed E-state index contributed by atoms with van der Waals surface area (Å²) in [6, 6.07) is 8.13. The van der Waals surface area contributed by atoms with Gasteiger partial charge in [-0.25, -0.2) is 0 Å². The maximum absolute atomic E-state index is 5.32. The van der Waals surface area contributed by atoms with Crippen LogP contribution in [0.4, 0.5) is 0 Å². The van der Waals surface area contributed by atoms with Crippen molar-refractivity contribution in [1.29, 1.82) is 0 Å². The first-order chi connectivity index (χ1) is 7.31. The Kier molecular flexibility index (Phi) is 8.35. The first-order valence-electron chi connectivity index (χ1n) is 4.73. The van der Waals surface area contributed by atoms with Gasteiger partial charge in [-0.1, -0.05) is 0 Å². The van der Waals surface area contributed by atoms with Crippen molar-refractivity contribution < 1.29 is 25.2 Å². The predicted molar refractivity (Wildman–Crippen MR) is 74.1 cm³/mol. The van der Waals surface area contributed by atoms with Crippen molar-refractivity contribution in [3.05, 3.63) is 45.2 Å². The molecular formula is C12H13Cl2OSTi. The minimum Gasteiger partial charge on any atom is -0.147 e. The average molecular weight is 324 g/mol. The fourth-order valence-corrected chi connectivity index (χ4v) is 2.96. The van der Waals surface area contributed by atoms with Crippen molar-refractivity contribution in [3.8, 4) is 5.75 Å². The number of allylic oxidation sites excluding steroid dienone is 3. The fraction of sp³-hybridized carbons (Fsp3) is 0.167. The fourth-order valence-electron chi connectivity index (χ4n) is 1.40. The van der Waals surface area contributed by atoms with E-state index in [1.165, 1.54) is 13.7 Å². The van der Waals surface area contributed by atoms with Crippen LogP contribution in [0.25, 0.3) is 0 Å². The van der Waals surface area contributed by atoms with Gasteiger partial charge in [-0.15, -0.1) is 24.8 Å². The summed E-state index contributed by atoms with van der Waals surface area (Å²) in [7, 11) is 1.71. The van der Waals surface area contributed by atoms with E-state index >= 15 is 0 Å². The Morgan fingerprint density at radius 3 is 2.53 bits per heavy atom. The zero-order valence-corrected chi connectivity index (χ0v) is 13.3. The smallest absolute Gasteiger partial charge is 0.147 e. The van der Waals surface area contributed by atoms with Crippen LogP contribution in [0.1, 0.15) is 6.42 Å². The summed E-state index contributed by atoms with van der Waals surface area (Å²) in [5.41, 5.74) is 0. The van der Waals surface area contributed by atoms with Gasteiger partial charge in [0.25, 0.3) is 0 Å². The van der Waals surface area contributed by atoms with E-state index < -0.39 is 0 Å². The van der Waals surface area contributed by atoms with E-state index in [0.29, 0.717) is 0 Å². The van der Waals surface area contributed by atoms with Crippen LogP contribution in [0.15, 0.2) is 50.1 Å². The van der Waals surface area contributed by atoms with E-state index in [1.807, 2.05) is 18.2 Å². The zero-order valence-electron chi connectivity index (χ0n) is 9.30. The van der Waals surface area contributed by atoms with Crippen molar-refractivity contribution >= 4 is 36.6 Å². The molecule has 0 unspecified atom stereocenters. The molecule has 0 radical (unpaired) electrons. The second-order valence-electron chi connectivity index (χ2n) is 3.20. The van der Waals surface area contributed by atoms with E-state index in [4.69, 9.17) is 4.74 Å². The molecule has 0 aliphatic heterocycles. The van der Waals surface area contributed by atoms with E-state index in [2.05, 4.69) is 38.7 Å². The average Bonchev–Trinajstić information content (AvgIpc) is 2.65. The summed E-state index contributed by atoms with van der Waals surface area (Å²) in [4.78, 5) is 2.53. The maximum atomic E-state index is 5.32. The van der Waals surface area contributed by atoms with Gasteiger partial charge in [-0.3, -0.25) is 0 Å². The summed E-state index contributed by atoms with van der Waals surface area (Å²) in [6.07, 6.45) is 5.47. The van der Waals surface area contributed by atoms with Crippen molar-refractivity contribution in [3.63, 3.8) is 0 Å². The summed E-state index contributed by atoms with van der Waals surface area (Å²) < 4.78 is 6.76. The SMILES string of the molecule is COc1ccccc1SC1=[C]([Ti])CC=C1.Cl.Cl. The topological polar surface area (TPSA) is 9.23 Å². The van der Waals surface area contributed by atoms with Crippen molar-refractivity contribution in [2.45, 2.75) is 11.3 Å². The van der Waals surface area contributed by atoms with Crippen LogP contribution in [0.3, 0.4) is 0 Å². The second kappa shape index (κ2) is 8.28. The summed E-state index contributed by atoms with van der Waals surface area (Å²) in [5.74, 6) is 0.947. The number of methoxy groups -OCH3 is 1. The van der Waals surface area contributed by atoms with Gasteiger partial charge in [0.1, 0.15) is 0 Å². The van der Waals surface area contributed by atoms with E-state index in [-0.39, 0.29) is 24.8 Å². The summed E-state index contributed by atoms with van der Waals surface area (Å²) in [6.45, 7) is 0. The largest absolute Gasteiger partial charge is 0.147 e. The molecule has 0 saturated heterocycles. The molecule has 1 aromatic rings. The Balaban J connectivity index is 0.00000128. The van der Waals surface area contributed by atoms with Crippen molar-refractivity contribution in [1.82, 2.24) is 0 Å². The first-order valence-corrected chi connectivity index (χ1v) is 6.33. The molecule has 0 heterocycles. The molecule has 1 aliphatic rings. The molecule has 0 atom stereocenters. The molecule has 5 heteroatoms. The molecule has 0 saturated carbocycles. The third-order valence-electron chi connectivity index (χ3n) is 2.18. The number of thioether (sulfide) groups is 1. The Hall–Kier alpha value is 0.144. The molecule has 0 N–H and O–H groups in total. The zero-order chi connectivity index (χ0) is 10.7. The Morgan fingerprint density at radius 1 is 1.24 bits per heavy atom. The van der Waals surface area contributed by atoms with Crippen LogP contribution in [-0.4, -0.2) is 7.11 Å². The van der Waals surface area contributed by atoms with Gasteiger partial charge in [-0.2, -0.15) is 0 Å². The maximum Gasteiger partial charge on any atom is -0.147 e. The van der Waals surface area contributed by atoms with Crippen molar-refractivity contribution in [2.24, 2.45) is 0 Å². The van der Waals surface area contributed by atoms with Gasteiger partial charge in [0.15, 0.2) is 0 Å². The van der Waals surface area contributed by atoms with Crippen LogP contribution in [0, 0.1) is 0 Å². The van der Waals surface area contributed by atoms with Crippen molar-refractivity contribution in [2.75, 3.05) is 7.11 Å². The van der Waals surface area contributed by atoms with Crippen LogP contribution in [0.5, 0.6) is 5.75 Å². The predicted octanol–water partition coefficient (Wildman–Crippen LogP) is 4.35. The Labute approximate surface area is 130 Å². The molecule has 1 aliphatic carbocycles. The molecular weight excluding hydrogens is 311 g/mol. The monoisotopic (exact) mass is 323 g/mol. The number of hydrogen-bond acceptors (Lipinski definition) is 2. The second-order valence-corrected chi connectivity index (χ2v) is 5.23. The summed E-state index contributed by atoms with van der Waals surface area (Å²) in [5, 5.41) is 0. The molecule has 17 heavy (non-hydrogen) atoms. The van der Waals surface area contributed by atoms with Gasteiger partial charge in [0.2, 0.25) is 0 Å². The molecule has 0 bridgehead atoms. The number of rotatable bonds is 3. The van der Waals surface area contributed by atoms with Gasteiger partial charge in [0, 0.05) is 0 Å². The van der Waals surface area contributed by atoms with Crippen LogP contribution >= 0.6 is 36.6 Å². The Bertz CT molecular complexity index is 432. The molecule has 0 fully saturated rings. The third kappa shape index (κ3) is 4.38. The quantitative estimate of drug-likeness (QED) is 0.765. The third-order valence-corrected chi connectivity index (χ3v) is 4.36. The van der Waals surface area contributed by atoms with E-state index in [9.17, 15) is 0 Å². The normalized spacial score (nSPS) is 12.9. The molecule has 0 spiro atoms. The van der Waals surface area contributed by atoms with Crippen LogP contribution in [0.2, 0.25) is 0 Å². The van der Waals surface area contributed by atoms with Gasteiger partial charge >= 0.3 is 106 Å². The minimum atomic E-state index is 0. The molecule has 0 aromatic heterocycles. The number of hydrogen-bond donors (Lipinski definition) is 0. The standard InChI is InChI=1S/C12H11OS.2ClH.Ti/c1-13-11-8-4-5-9-12(11)14-10-6-2-3-7-10;;;/h2,4-6,8-9H,3H2,1H3;2*1H;. The number of para-hydroxylation sites is 1. The number of halogens is 2. The molecule has 2 rings (SSSR count). The molecule has 0 amide bonds. The van der Waals surface area contributed by atoms with Gasteiger partial charge < -0.3 is 0 Å². The van der Waals surface area contributed by atoms with Gasteiger partial charge in [0.05, 0.1) is 0 Å².